The molecule has 0 aromatic carbocycles. The molecule has 22 heavy (non-hydrogen) atoms. The monoisotopic (exact) mass is 301 g/mol. The fourth-order valence-electron chi connectivity index (χ4n) is 3.30. The first-order chi connectivity index (χ1) is 10.6. The van der Waals surface area contributed by atoms with E-state index in [0.29, 0.717) is 6.42 Å². The van der Waals surface area contributed by atoms with Gasteiger partial charge in [0.1, 0.15) is 5.82 Å². The van der Waals surface area contributed by atoms with E-state index in [4.69, 9.17) is 0 Å². The van der Waals surface area contributed by atoms with Crippen molar-refractivity contribution in [3.8, 4) is 0 Å². The second-order valence-corrected chi connectivity index (χ2v) is 6.04. The zero-order valence-corrected chi connectivity index (χ0v) is 13.5. The van der Waals surface area contributed by atoms with Crippen molar-refractivity contribution in [1.29, 1.82) is 0 Å². The summed E-state index contributed by atoms with van der Waals surface area (Å²) in [5.41, 5.74) is 2.10. The lowest BCUT2D eigenvalue weighted by Gasteiger charge is -2.24. The van der Waals surface area contributed by atoms with Crippen LogP contribution in [0, 0.1) is 6.92 Å². The van der Waals surface area contributed by atoms with Crippen LogP contribution in [-0.2, 0) is 25.3 Å². The second-order valence-electron chi connectivity index (χ2n) is 6.04. The van der Waals surface area contributed by atoms with E-state index in [1.807, 2.05) is 47.4 Å². The Hall–Kier alpha value is -2.11. The number of likely N-dealkylation sites (tertiary alicyclic amines) is 1. The highest BCUT2D eigenvalue weighted by molar-refractivity contribution is 5.77. The minimum Gasteiger partial charge on any atom is -0.336 e. The van der Waals surface area contributed by atoms with E-state index in [-0.39, 0.29) is 11.9 Å². The fourth-order valence-corrected chi connectivity index (χ4v) is 3.30. The van der Waals surface area contributed by atoms with Gasteiger partial charge in [0, 0.05) is 45.1 Å². The molecule has 1 saturated heterocycles. The van der Waals surface area contributed by atoms with E-state index >= 15 is 0 Å². The number of carbonyl (C=O) groups is 1. The van der Waals surface area contributed by atoms with Gasteiger partial charge in [0.05, 0.1) is 11.7 Å². The number of aromatic nitrogens is 4. The van der Waals surface area contributed by atoms with Crippen LogP contribution in [0.2, 0.25) is 0 Å². The minimum atomic E-state index is 0.123. The topological polar surface area (TPSA) is 56.0 Å². The Labute approximate surface area is 130 Å². The predicted octanol–water partition coefficient (Wildman–Crippen LogP) is 1.76. The van der Waals surface area contributed by atoms with Crippen molar-refractivity contribution in [2.45, 2.75) is 38.6 Å². The number of nitrogens with zero attached hydrogens (tertiary/aromatic N) is 5. The van der Waals surface area contributed by atoms with Crippen molar-refractivity contribution >= 4 is 5.91 Å². The lowest BCUT2D eigenvalue weighted by atomic mass is 10.1. The lowest BCUT2D eigenvalue weighted by Crippen LogP contribution is -2.32. The first kappa shape index (κ1) is 14.8. The van der Waals surface area contributed by atoms with Gasteiger partial charge in [-0.15, -0.1) is 0 Å². The maximum atomic E-state index is 12.6. The summed E-state index contributed by atoms with van der Waals surface area (Å²) in [5, 5.41) is 4.15. The third kappa shape index (κ3) is 2.77. The predicted molar refractivity (Wildman–Crippen MR) is 83.2 cm³/mol. The summed E-state index contributed by atoms with van der Waals surface area (Å²) in [5.74, 6) is 1.22. The Morgan fingerprint density at radius 2 is 2.23 bits per heavy atom. The van der Waals surface area contributed by atoms with Crippen LogP contribution in [0.5, 0.6) is 0 Å². The van der Waals surface area contributed by atoms with Crippen LogP contribution in [0.4, 0.5) is 0 Å². The summed E-state index contributed by atoms with van der Waals surface area (Å²) < 4.78 is 3.88. The van der Waals surface area contributed by atoms with Crippen molar-refractivity contribution in [3.63, 3.8) is 0 Å². The molecule has 1 aliphatic heterocycles. The number of hydrogen-bond acceptors (Lipinski definition) is 3. The molecule has 1 fully saturated rings. The Bertz CT molecular complexity index is 672. The van der Waals surface area contributed by atoms with Gasteiger partial charge in [-0.05, 0) is 32.3 Å². The van der Waals surface area contributed by atoms with Gasteiger partial charge in [-0.1, -0.05) is 0 Å². The maximum Gasteiger partial charge on any atom is 0.223 e. The van der Waals surface area contributed by atoms with Gasteiger partial charge < -0.3 is 9.47 Å². The molecule has 6 nitrogen and oxygen atoms in total. The van der Waals surface area contributed by atoms with Crippen LogP contribution >= 0.6 is 0 Å². The number of aryl methyl sites for hydroxylation is 4. The molecule has 0 radical (unpaired) electrons. The molecule has 2 aromatic rings. The summed E-state index contributed by atoms with van der Waals surface area (Å²) in [6.45, 7) is 2.83. The number of amides is 1. The highest BCUT2D eigenvalue weighted by Gasteiger charge is 2.32. The average molecular weight is 301 g/mol. The third-order valence-corrected chi connectivity index (χ3v) is 4.42. The third-order valence-electron chi connectivity index (χ3n) is 4.42. The van der Waals surface area contributed by atoms with Crippen LogP contribution in [0.15, 0.2) is 18.5 Å². The molecule has 3 rings (SSSR count). The van der Waals surface area contributed by atoms with Crippen LogP contribution in [0.25, 0.3) is 0 Å². The number of imidazole rings is 1. The molecular weight excluding hydrogens is 278 g/mol. The highest BCUT2D eigenvalue weighted by Crippen LogP contribution is 2.31. The van der Waals surface area contributed by atoms with Crippen molar-refractivity contribution < 1.29 is 4.79 Å². The van der Waals surface area contributed by atoms with Gasteiger partial charge in [-0.3, -0.25) is 9.48 Å². The van der Waals surface area contributed by atoms with Crippen LogP contribution < -0.4 is 0 Å². The molecule has 1 amide bonds. The molecule has 3 heterocycles. The van der Waals surface area contributed by atoms with Gasteiger partial charge in [-0.25, -0.2) is 4.98 Å². The summed E-state index contributed by atoms with van der Waals surface area (Å²) in [6.07, 6.45) is 7.11. The summed E-state index contributed by atoms with van der Waals surface area (Å²) in [4.78, 5) is 19.2. The van der Waals surface area contributed by atoms with E-state index < -0.39 is 0 Å². The van der Waals surface area contributed by atoms with E-state index in [1.165, 1.54) is 0 Å². The zero-order valence-electron chi connectivity index (χ0n) is 13.5. The molecule has 0 bridgehead atoms. The van der Waals surface area contributed by atoms with Gasteiger partial charge in [0.25, 0.3) is 0 Å². The van der Waals surface area contributed by atoms with Crippen LogP contribution in [-0.4, -0.2) is 36.7 Å². The van der Waals surface area contributed by atoms with Crippen molar-refractivity contribution in [2.24, 2.45) is 14.1 Å². The van der Waals surface area contributed by atoms with Crippen molar-refractivity contribution in [2.75, 3.05) is 6.54 Å². The Morgan fingerprint density at radius 1 is 1.41 bits per heavy atom. The first-order valence-electron chi connectivity index (χ1n) is 7.82. The summed E-state index contributed by atoms with van der Waals surface area (Å²) in [7, 11) is 3.92. The van der Waals surface area contributed by atoms with E-state index in [2.05, 4.69) is 10.1 Å². The Morgan fingerprint density at radius 3 is 2.86 bits per heavy atom. The van der Waals surface area contributed by atoms with Gasteiger partial charge in [0.2, 0.25) is 5.91 Å². The quantitative estimate of drug-likeness (QED) is 0.864. The molecule has 6 heteroatoms. The molecule has 0 aliphatic carbocycles. The Balaban J connectivity index is 1.69. The molecule has 0 unspecified atom stereocenters. The Kier molecular flexibility index (Phi) is 4.00. The summed E-state index contributed by atoms with van der Waals surface area (Å²) in [6, 6.07) is 2.09. The van der Waals surface area contributed by atoms with Gasteiger partial charge in [-0.2, -0.15) is 5.10 Å². The van der Waals surface area contributed by atoms with Crippen molar-refractivity contribution in [3.05, 3.63) is 35.7 Å². The largest absolute Gasteiger partial charge is 0.336 e. The van der Waals surface area contributed by atoms with E-state index in [0.717, 1.165) is 43.0 Å². The molecule has 0 N–H and O–H groups in total. The number of hydrogen-bond donors (Lipinski definition) is 0. The molecule has 2 aromatic heterocycles. The SMILES string of the molecule is Cc1cn(C)c([C@H]2CCCN2C(=O)CCc2ccnn2C)n1. The molecule has 0 spiro atoms. The standard InChI is InChI=1S/C16H23N5O/c1-12-11-19(2)16(18-12)14-5-4-10-21(14)15(22)7-6-13-8-9-17-20(13)3/h8-9,11,14H,4-7,10H2,1-3H3/t14-/m1/s1. The zero-order chi connectivity index (χ0) is 15.7. The first-order valence-corrected chi connectivity index (χ1v) is 7.82. The highest BCUT2D eigenvalue weighted by atomic mass is 16.2. The van der Waals surface area contributed by atoms with Crippen LogP contribution in [0.1, 0.15) is 42.5 Å². The number of rotatable bonds is 4. The second kappa shape index (κ2) is 5.94. The van der Waals surface area contributed by atoms with Crippen LogP contribution in [0.3, 0.4) is 0 Å². The molecule has 1 atom stereocenters. The van der Waals surface area contributed by atoms with Gasteiger partial charge in [0.15, 0.2) is 0 Å². The lowest BCUT2D eigenvalue weighted by molar-refractivity contribution is -0.132. The molecular formula is C16H23N5O. The normalized spacial score (nSPS) is 18.1. The molecule has 118 valence electrons. The molecule has 0 saturated carbocycles. The fraction of sp³-hybridized carbons (Fsp3) is 0.562. The smallest absolute Gasteiger partial charge is 0.223 e. The average Bonchev–Trinajstić information content (AvgIpc) is 3.16. The molecule has 1 aliphatic rings. The number of carbonyl (C=O) groups excluding carboxylic acids is 1. The van der Waals surface area contributed by atoms with E-state index in [9.17, 15) is 4.79 Å². The maximum absolute atomic E-state index is 12.6. The van der Waals surface area contributed by atoms with Crippen molar-refractivity contribution in [1.82, 2.24) is 24.2 Å². The minimum absolute atomic E-state index is 0.123. The summed E-state index contributed by atoms with van der Waals surface area (Å²) >= 11 is 0. The van der Waals surface area contributed by atoms with E-state index in [1.54, 1.807) is 6.20 Å². The van der Waals surface area contributed by atoms with Gasteiger partial charge >= 0.3 is 0 Å².